The number of hydrogen-bond acceptors (Lipinski definition) is 3. The highest BCUT2D eigenvalue weighted by atomic mass is 31.2. The fourth-order valence-corrected chi connectivity index (χ4v) is 2.26. The summed E-state index contributed by atoms with van der Waals surface area (Å²) in [6.07, 6.45) is 1.29. The summed E-state index contributed by atoms with van der Waals surface area (Å²) in [6, 6.07) is 0. The van der Waals surface area contributed by atoms with Gasteiger partial charge < -0.3 is 14.5 Å². The van der Waals surface area contributed by atoms with E-state index in [1.807, 2.05) is 6.92 Å². The molecule has 0 fully saturated rings. The second kappa shape index (κ2) is 6.84. The Morgan fingerprint density at radius 3 is 2.38 bits per heavy atom. The Labute approximate surface area is 95.7 Å². The lowest BCUT2D eigenvalue weighted by Crippen LogP contribution is -2.14. The molecule has 0 aromatic rings. The van der Waals surface area contributed by atoms with Crippen molar-refractivity contribution in [3.8, 4) is 0 Å². The summed E-state index contributed by atoms with van der Waals surface area (Å²) in [6.45, 7) is 6.80. The van der Waals surface area contributed by atoms with Crippen LogP contribution in [0.15, 0.2) is 12.2 Å². The summed E-state index contributed by atoms with van der Waals surface area (Å²) < 4.78 is 15.9. The van der Waals surface area contributed by atoms with Gasteiger partial charge >= 0.3 is 13.6 Å². The molecular weight excluding hydrogens is 231 g/mol. The van der Waals surface area contributed by atoms with Crippen molar-refractivity contribution >= 4 is 13.6 Å². The average Bonchev–Trinajstić information content (AvgIpc) is 2.14. The van der Waals surface area contributed by atoms with E-state index in [2.05, 4.69) is 6.58 Å². The maximum atomic E-state index is 11.1. The van der Waals surface area contributed by atoms with Gasteiger partial charge in [-0.3, -0.25) is 4.57 Å². The second-order valence-corrected chi connectivity index (χ2v) is 5.64. The van der Waals surface area contributed by atoms with Gasteiger partial charge in [-0.15, -0.1) is 0 Å². The van der Waals surface area contributed by atoms with Crippen LogP contribution in [0.1, 0.15) is 33.1 Å². The highest BCUT2D eigenvalue weighted by Gasteiger charge is 2.27. The quantitative estimate of drug-likeness (QED) is 0.409. The van der Waals surface area contributed by atoms with E-state index < -0.39 is 19.2 Å². The van der Waals surface area contributed by atoms with Crippen LogP contribution in [0.2, 0.25) is 0 Å². The van der Waals surface area contributed by atoms with Gasteiger partial charge in [0.15, 0.2) is 0 Å². The van der Waals surface area contributed by atoms with Crippen LogP contribution in [0.3, 0.4) is 0 Å². The minimum Gasteiger partial charge on any atom is -0.462 e. The van der Waals surface area contributed by atoms with Crippen LogP contribution in [0.5, 0.6) is 0 Å². The van der Waals surface area contributed by atoms with Crippen molar-refractivity contribution in [3.05, 3.63) is 12.2 Å². The van der Waals surface area contributed by atoms with Gasteiger partial charge in [0.05, 0.1) is 12.3 Å². The van der Waals surface area contributed by atoms with Crippen molar-refractivity contribution in [1.29, 1.82) is 0 Å². The third kappa shape index (κ3) is 6.05. The maximum Gasteiger partial charge on any atom is 0.333 e. The average molecular weight is 250 g/mol. The van der Waals surface area contributed by atoms with E-state index in [-0.39, 0.29) is 18.6 Å². The second-order valence-electron chi connectivity index (χ2n) is 3.74. The van der Waals surface area contributed by atoms with Crippen molar-refractivity contribution in [1.82, 2.24) is 0 Å². The highest BCUT2D eigenvalue weighted by Crippen LogP contribution is 2.45. The Bertz CT molecular complexity index is 294. The standard InChI is InChI=1S/C10H19O5P/c1-4-5-9(16(12,13)14)6-7-15-10(11)8(2)3/h9H,2,4-7H2,1,3H3,(H2,12,13,14). The molecule has 2 N–H and O–H groups in total. The zero-order valence-corrected chi connectivity index (χ0v) is 10.6. The van der Waals surface area contributed by atoms with Gasteiger partial charge in [0.2, 0.25) is 0 Å². The van der Waals surface area contributed by atoms with E-state index in [9.17, 15) is 9.36 Å². The zero-order chi connectivity index (χ0) is 12.8. The first-order valence-corrected chi connectivity index (χ1v) is 6.85. The topological polar surface area (TPSA) is 83.8 Å². The van der Waals surface area contributed by atoms with Gasteiger partial charge in [-0.1, -0.05) is 19.9 Å². The molecule has 0 radical (unpaired) electrons. The molecule has 1 unspecified atom stereocenters. The molecule has 0 saturated heterocycles. The fourth-order valence-electron chi connectivity index (χ4n) is 1.22. The number of rotatable bonds is 7. The Morgan fingerprint density at radius 2 is 2.00 bits per heavy atom. The van der Waals surface area contributed by atoms with E-state index >= 15 is 0 Å². The third-order valence-electron chi connectivity index (χ3n) is 2.13. The van der Waals surface area contributed by atoms with E-state index in [1.165, 1.54) is 6.92 Å². The van der Waals surface area contributed by atoms with Crippen LogP contribution < -0.4 is 0 Å². The molecular formula is C10H19O5P. The Morgan fingerprint density at radius 1 is 1.44 bits per heavy atom. The predicted octanol–water partition coefficient (Wildman–Crippen LogP) is 1.84. The van der Waals surface area contributed by atoms with Gasteiger partial charge in [0, 0.05) is 5.57 Å². The molecule has 0 amide bonds. The lowest BCUT2D eigenvalue weighted by Gasteiger charge is -2.17. The molecule has 0 aliphatic heterocycles. The normalized spacial score (nSPS) is 13.2. The Balaban J connectivity index is 4.09. The molecule has 0 rings (SSSR count). The predicted molar refractivity (Wildman–Crippen MR) is 61.1 cm³/mol. The lowest BCUT2D eigenvalue weighted by molar-refractivity contribution is -0.139. The van der Waals surface area contributed by atoms with Crippen molar-refractivity contribution in [2.45, 2.75) is 38.8 Å². The smallest absolute Gasteiger partial charge is 0.333 e. The van der Waals surface area contributed by atoms with Gasteiger partial charge in [-0.05, 0) is 19.8 Å². The van der Waals surface area contributed by atoms with Crippen LogP contribution in [-0.2, 0) is 14.1 Å². The summed E-state index contributed by atoms with van der Waals surface area (Å²) in [5.41, 5.74) is -0.446. The van der Waals surface area contributed by atoms with Crippen LogP contribution in [0.4, 0.5) is 0 Å². The van der Waals surface area contributed by atoms with Gasteiger partial charge in [-0.25, -0.2) is 4.79 Å². The minimum absolute atomic E-state index is 0.0153. The Kier molecular flexibility index (Phi) is 6.56. The van der Waals surface area contributed by atoms with Crippen molar-refractivity contribution in [2.75, 3.05) is 6.61 Å². The van der Waals surface area contributed by atoms with Crippen LogP contribution in [0, 0.1) is 0 Å². The first kappa shape index (κ1) is 15.4. The summed E-state index contributed by atoms with van der Waals surface area (Å²) in [5.74, 6) is -0.527. The number of carbonyl (C=O) groups is 1. The zero-order valence-electron chi connectivity index (χ0n) is 9.68. The first-order valence-electron chi connectivity index (χ1n) is 5.16. The number of hydrogen-bond donors (Lipinski definition) is 2. The number of carbonyl (C=O) groups excluding carboxylic acids is 1. The van der Waals surface area contributed by atoms with Gasteiger partial charge in [0.25, 0.3) is 0 Å². The SMILES string of the molecule is C=C(C)C(=O)OCCC(CCC)P(=O)(O)O. The molecule has 16 heavy (non-hydrogen) atoms. The fraction of sp³-hybridized carbons (Fsp3) is 0.700. The van der Waals surface area contributed by atoms with Crippen LogP contribution in [-0.4, -0.2) is 28.0 Å². The summed E-state index contributed by atoms with van der Waals surface area (Å²) in [5, 5.41) is 0. The largest absolute Gasteiger partial charge is 0.462 e. The van der Waals surface area contributed by atoms with E-state index in [0.717, 1.165) is 0 Å². The van der Waals surface area contributed by atoms with E-state index in [0.29, 0.717) is 12.8 Å². The van der Waals surface area contributed by atoms with Gasteiger partial charge in [0.1, 0.15) is 0 Å². The molecule has 5 nitrogen and oxygen atoms in total. The molecule has 0 aromatic heterocycles. The molecule has 0 aliphatic carbocycles. The van der Waals surface area contributed by atoms with E-state index in [1.54, 1.807) is 0 Å². The highest BCUT2D eigenvalue weighted by molar-refractivity contribution is 7.52. The molecule has 0 heterocycles. The van der Waals surface area contributed by atoms with E-state index in [4.69, 9.17) is 14.5 Å². The third-order valence-corrected chi connectivity index (χ3v) is 3.60. The van der Waals surface area contributed by atoms with Gasteiger partial charge in [-0.2, -0.15) is 0 Å². The molecule has 0 aliphatic rings. The summed E-state index contributed by atoms with van der Waals surface area (Å²) >= 11 is 0. The van der Waals surface area contributed by atoms with Crippen LogP contribution in [0.25, 0.3) is 0 Å². The minimum atomic E-state index is -4.09. The first-order chi connectivity index (χ1) is 7.29. The molecule has 6 heteroatoms. The Hall–Kier alpha value is -0.640. The molecule has 0 saturated carbocycles. The number of esters is 1. The molecule has 94 valence electrons. The molecule has 0 spiro atoms. The van der Waals surface area contributed by atoms with Crippen LogP contribution >= 0.6 is 7.60 Å². The maximum absolute atomic E-state index is 11.1. The molecule has 1 atom stereocenters. The molecule has 0 aromatic carbocycles. The monoisotopic (exact) mass is 250 g/mol. The number of ether oxygens (including phenoxy) is 1. The molecule has 0 bridgehead atoms. The lowest BCUT2D eigenvalue weighted by atomic mass is 10.2. The summed E-state index contributed by atoms with van der Waals surface area (Å²) in [4.78, 5) is 29.1. The van der Waals surface area contributed by atoms with Crippen molar-refractivity contribution in [2.24, 2.45) is 0 Å². The summed E-state index contributed by atoms with van der Waals surface area (Å²) in [7, 11) is -4.09. The van der Waals surface area contributed by atoms with Crippen molar-refractivity contribution in [3.63, 3.8) is 0 Å². The van der Waals surface area contributed by atoms with Crippen molar-refractivity contribution < 1.29 is 23.9 Å².